The SMILES string of the molecule is CCOc1c(Cl)cc(CCNC)cc1Cl. The molecule has 4 heteroatoms. The first-order chi connectivity index (χ1) is 7.19. The number of hydrogen-bond acceptors (Lipinski definition) is 2. The van der Waals surface area contributed by atoms with Gasteiger partial charge in [0, 0.05) is 0 Å². The fourth-order valence-corrected chi connectivity index (χ4v) is 1.95. The summed E-state index contributed by atoms with van der Waals surface area (Å²) in [5, 5.41) is 4.24. The lowest BCUT2D eigenvalue weighted by Crippen LogP contribution is -2.10. The molecule has 0 aliphatic rings. The van der Waals surface area contributed by atoms with Crippen LogP contribution in [0.5, 0.6) is 5.75 Å². The van der Waals surface area contributed by atoms with Crippen LogP contribution >= 0.6 is 23.2 Å². The number of nitrogens with one attached hydrogen (secondary N) is 1. The van der Waals surface area contributed by atoms with Crippen molar-refractivity contribution < 1.29 is 4.74 Å². The number of hydrogen-bond donors (Lipinski definition) is 1. The smallest absolute Gasteiger partial charge is 0.156 e. The molecule has 0 radical (unpaired) electrons. The summed E-state index contributed by atoms with van der Waals surface area (Å²) in [5.41, 5.74) is 1.11. The molecule has 0 unspecified atom stereocenters. The first-order valence-corrected chi connectivity index (χ1v) is 5.70. The fourth-order valence-electron chi connectivity index (χ4n) is 1.31. The van der Waals surface area contributed by atoms with Crippen molar-refractivity contribution in [3.8, 4) is 5.75 Å². The predicted octanol–water partition coefficient (Wildman–Crippen LogP) is 3.15. The zero-order chi connectivity index (χ0) is 11.3. The number of halogens is 2. The molecule has 0 bridgehead atoms. The van der Waals surface area contributed by atoms with Crippen LogP contribution in [0.2, 0.25) is 10.0 Å². The molecule has 0 aliphatic carbocycles. The molecule has 0 fully saturated rings. The standard InChI is InChI=1S/C11H15Cl2NO/c1-3-15-11-9(12)6-8(4-5-14-2)7-10(11)13/h6-7,14H,3-5H2,1-2H3. The van der Waals surface area contributed by atoms with E-state index < -0.39 is 0 Å². The zero-order valence-electron chi connectivity index (χ0n) is 8.94. The second kappa shape index (κ2) is 6.21. The van der Waals surface area contributed by atoms with Gasteiger partial charge in [0.2, 0.25) is 0 Å². The number of ether oxygens (including phenoxy) is 1. The minimum absolute atomic E-state index is 0.565. The van der Waals surface area contributed by atoms with E-state index in [0.29, 0.717) is 22.4 Å². The first-order valence-electron chi connectivity index (χ1n) is 4.94. The molecule has 0 atom stereocenters. The van der Waals surface area contributed by atoms with Crippen molar-refractivity contribution in [2.24, 2.45) is 0 Å². The maximum atomic E-state index is 6.06. The van der Waals surface area contributed by atoms with Gasteiger partial charge in [-0.05, 0) is 44.6 Å². The van der Waals surface area contributed by atoms with E-state index in [2.05, 4.69) is 5.32 Å². The van der Waals surface area contributed by atoms with Gasteiger partial charge in [0.25, 0.3) is 0 Å². The second-order valence-corrected chi connectivity index (χ2v) is 3.99. The summed E-state index contributed by atoms with van der Waals surface area (Å²) >= 11 is 12.1. The predicted molar refractivity (Wildman–Crippen MR) is 65.3 cm³/mol. The highest BCUT2D eigenvalue weighted by Crippen LogP contribution is 2.34. The number of benzene rings is 1. The fraction of sp³-hybridized carbons (Fsp3) is 0.455. The maximum absolute atomic E-state index is 6.06. The Kier molecular flexibility index (Phi) is 5.23. The van der Waals surface area contributed by atoms with E-state index in [1.54, 1.807) is 0 Å². The van der Waals surface area contributed by atoms with Crippen LogP contribution in [0, 0.1) is 0 Å². The largest absolute Gasteiger partial charge is 0.491 e. The third-order valence-corrected chi connectivity index (χ3v) is 2.57. The lowest BCUT2D eigenvalue weighted by molar-refractivity contribution is 0.340. The highest BCUT2D eigenvalue weighted by atomic mass is 35.5. The van der Waals surface area contributed by atoms with Crippen LogP contribution in [-0.2, 0) is 6.42 Å². The van der Waals surface area contributed by atoms with E-state index in [-0.39, 0.29) is 0 Å². The Hall–Kier alpha value is -0.440. The summed E-state index contributed by atoms with van der Waals surface area (Å²) in [4.78, 5) is 0. The Morgan fingerprint density at radius 2 is 1.87 bits per heavy atom. The van der Waals surface area contributed by atoms with Crippen LogP contribution in [0.15, 0.2) is 12.1 Å². The highest BCUT2D eigenvalue weighted by molar-refractivity contribution is 6.37. The van der Waals surface area contributed by atoms with Crippen LogP contribution < -0.4 is 10.1 Å². The second-order valence-electron chi connectivity index (χ2n) is 3.18. The van der Waals surface area contributed by atoms with Gasteiger partial charge < -0.3 is 10.1 Å². The van der Waals surface area contributed by atoms with Crippen LogP contribution in [0.25, 0.3) is 0 Å². The first kappa shape index (κ1) is 12.6. The van der Waals surface area contributed by atoms with Gasteiger partial charge in [0.15, 0.2) is 5.75 Å². The van der Waals surface area contributed by atoms with E-state index in [9.17, 15) is 0 Å². The third kappa shape index (κ3) is 3.56. The molecule has 0 aliphatic heterocycles. The molecule has 0 saturated heterocycles. The molecule has 1 aromatic rings. The molecule has 2 nitrogen and oxygen atoms in total. The Morgan fingerprint density at radius 1 is 1.27 bits per heavy atom. The molecule has 0 amide bonds. The minimum atomic E-state index is 0.565. The van der Waals surface area contributed by atoms with Gasteiger partial charge in [-0.25, -0.2) is 0 Å². The van der Waals surface area contributed by atoms with Crippen molar-refractivity contribution in [2.45, 2.75) is 13.3 Å². The van der Waals surface area contributed by atoms with Crippen molar-refractivity contribution in [2.75, 3.05) is 20.2 Å². The van der Waals surface area contributed by atoms with E-state index in [0.717, 1.165) is 18.5 Å². The van der Waals surface area contributed by atoms with E-state index >= 15 is 0 Å². The van der Waals surface area contributed by atoms with Crippen LogP contribution in [0.3, 0.4) is 0 Å². The third-order valence-electron chi connectivity index (χ3n) is 2.01. The van der Waals surface area contributed by atoms with Crippen molar-refractivity contribution in [1.82, 2.24) is 5.32 Å². The Balaban J connectivity index is 2.87. The van der Waals surface area contributed by atoms with Gasteiger partial charge in [0.05, 0.1) is 16.7 Å². The molecule has 84 valence electrons. The van der Waals surface area contributed by atoms with E-state index in [1.807, 2.05) is 26.1 Å². The van der Waals surface area contributed by atoms with E-state index in [4.69, 9.17) is 27.9 Å². The summed E-state index contributed by atoms with van der Waals surface area (Å²) in [6.45, 7) is 3.37. The van der Waals surface area contributed by atoms with Gasteiger partial charge in [-0.3, -0.25) is 0 Å². The van der Waals surface area contributed by atoms with Crippen LogP contribution in [-0.4, -0.2) is 20.2 Å². The zero-order valence-corrected chi connectivity index (χ0v) is 10.5. The monoisotopic (exact) mass is 247 g/mol. The molecule has 0 spiro atoms. The van der Waals surface area contributed by atoms with Gasteiger partial charge >= 0.3 is 0 Å². The number of rotatable bonds is 5. The average Bonchev–Trinajstić information content (AvgIpc) is 2.20. The number of likely N-dealkylation sites (N-methyl/N-ethyl adjacent to an activating group) is 1. The minimum Gasteiger partial charge on any atom is -0.491 e. The van der Waals surface area contributed by atoms with Crippen molar-refractivity contribution in [3.63, 3.8) is 0 Å². The summed E-state index contributed by atoms with van der Waals surface area (Å²) in [7, 11) is 1.91. The molecule has 15 heavy (non-hydrogen) atoms. The lowest BCUT2D eigenvalue weighted by atomic mass is 10.1. The summed E-state index contributed by atoms with van der Waals surface area (Å²) < 4.78 is 5.35. The van der Waals surface area contributed by atoms with Gasteiger partial charge in [0.1, 0.15) is 0 Å². The summed E-state index contributed by atoms with van der Waals surface area (Å²) in [6.07, 6.45) is 0.905. The van der Waals surface area contributed by atoms with Crippen molar-refractivity contribution in [3.05, 3.63) is 27.7 Å². The van der Waals surface area contributed by atoms with Crippen LogP contribution in [0.4, 0.5) is 0 Å². The Bertz CT molecular complexity index is 305. The topological polar surface area (TPSA) is 21.3 Å². The van der Waals surface area contributed by atoms with Gasteiger partial charge in [-0.2, -0.15) is 0 Å². The molecular weight excluding hydrogens is 233 g/mol. The lowest BCUT2D eigenvalue weighted by Gasteiger charge is -2.10. The Morgan fingerprint density at radius 3 is 2.33 bits per heavy atom. The van der Waals surface area contributed by atoms with E-state index in [1.165, 1.54) is 0 Å². The quantitative estimate of drug-likeness (QED) is 0.864. The molecule has 0 heterocycles. The summed E-state index contributed by atoms with van der Waals surface area (Å²) in [5.74, 6) is 0.578. The average molecular weight is 248 g/mol. The highest BCUT2D eigenvalue weighted by Gasteiger charge is 2.08. The Labute approximate surface area is 101 Å². The summed E-state index contributed by atoms with van der Waals surface area (Å²) in [6, 6.07) is 3.80. The molecule has 1 aromatic carbocycles. The van der Waals surface area contributed by atoms with Gasteiger partial charge in [-0.1, -0.05) is 23.2 Å². The molecular formula is C11H15Cl2NO. The molecule has 0 aromatic heterocycles. The molecule has 0 saturated carbocycles. The maximum Gasteiger partial charge on any atom is 0.156 e. The van der Waals surface area contributed by atoms with Crippen LogP contribution in [0.1, 0.15) is 12.5 Å². The van der Waals surface area contributed by atoms with Crippen molar-refractivity contribution in [1.29, 1.82) is 0 Å². The normalized spacial score (nSPS) is 10.4. The molecule has 1 rings (SSSR count). The molecule has 1 N–H and O–H groups in total. The van der Waals surface area contributed by atoms with Crippen molar-refractivity contribution >= 4 is 23.2 Å². The van der Waals surface area contributed by atoms with Gasteiger partial charge in [-0.15, -0.1) is 0 Å².